The molecular formula is C28H28N4O2. The van der Waals surface area contributed by atoms with Crippen molar-refractivity contribution in [3.63, 3.8) is 0 Å². The minimum Gasteiger partial charge on any atom is -0.323 e. The van der Waals surface area contributed by atoms with E-state index in [1.165, 1.54) is 5.56 Å². The number of aromatic nitrogens is 2. The first-order chi connectivity index (χ1) is 16.3. The molecule has 0 spiro atoms. The Hall–Kier alpha value is -4.19. The molecule has 0 fully saturated rings. The largest absolute Gasteiger partial charge is 0.323 e. The third-order valence-corrected chi connectivity index (χ3v) is 5.87. The number of carbonyl (C=O) groups is 2. The molecule has 172 valence electrons. The fourth-order valence-corrected chi connectivity index (χ4v) is 3.84. The molecule has 0 unspecified atom stereocenters. The van der Waals surface area contributed by atoms with E-state index in [1.807, 2.05) is 69.3 Å². The van der Waals surface area contributed by atoms with Gasteiger partial charge in [-0.2, -0.15) is 5.10 Å². The zero-order chi connectivity index (χ0) is 24.2. The summed E-state index contributed by atoms with van der Waals surface area (Å²) in [6.45, 7) is 8.15. The summed E-state index contributed by atoms with van der Waals surface area (Å²) in [5, 5.41) is 10.2. The molecule has 2 N–H and O–H groups in total. The Balaban J connectivity index is 1.44. The normalized spacial score (nSPS) is 10.7. The first-order valence-electron chi connectivity index (χ1n) is 11.2. The molecule has 3 aromatic carbocycles. The fourth-order valence-electron chi connectivity index (χ4n) is 3.84. The first-order valence-corrected chi connectivity index (χ1v) is 11.2. The number of nitrogens with one attached hydrogen (secondary N) is 2. The maximum Gasteiger partial charge on any atom is 0.255 e. The topological polar surface area (TPSA) is 76.0 Å². The zero-order valence-corrected chi connectivity index (χ0v) is 19.8. The predicted molar refractivity (Wildman–Crippen MR) is 136 cm³/mol. The first kappa shape index (κ1) is 23.0. The van der Waals surface area contributed by atoms with E-state index in [0.29, 0.717) is 17.7 Å². The Bertz CT molecular complexity index is 1350. The number of nitrogens with zero attached hydrogens (tertiary/aromatic N) is 2. The van der Waals surface area contributed by atoms with Crippen LogP contribution in [0.2, 0.25) is 0 Å². The van der Waals surface area contributed by atoms with E-state index in [9.17, 15) is 9.59 Å². The number of aryl methyl sites for hydroxylation is 3. The lowest BCUT2D eigenvalue weighted by Gasteiger charge is -2.11. The third-order valence-electron chi connectivity index (χ3n) is 5.87. The van der Waals surface area contributed by atoms with Gasteiger partial charge in [0.2, 0.25) is 5.91 Å². The number of hydrogen-bond acceptors (Lipinski definition) is 3. The van der Waals surface area contributed by atoms with Crippen LogP contribution in [0.5, 0.6) is 0 Å². The molecule has 1 aromatic heterocycles. The number of carbonyl (C=O) groups excluding carboxylic acids is 2. The van der Waals surface area contributed by atoms with Crippen molar-refractivity contribution < 1.29 is 9.59 Å². The van der Waals surface area contributed by atoms with Crippen LogP contribution < -0.4 is 10.6 Å². The molecule has 0 aliphatic carbocycles. The molecule has 0 atom stereocenters. The maximum atomic E-state index is 12.9. The van der Waals surface area contributed by atoms with Gasteiger partial charge in [-0.3, -0.25) is 9.59 Å². The van der Waals surface area contributed by atoms with Gasteiger partial charge in [-0.1, -0.05) is 35.9 Å². The lowest BCUT2D eigenvalue weighted by Crippen LogP contribution is -2.14. The third kappa shape index (κ3) is 5.41. The van der Waals surface area contributed by atoms with Crippen LogP contribution in [-0.4, -0.2) is 21.6 Å². The molecule has 4 rings (SSSR count). The second-order valence-electron chi connectivity index (χ2n) is 8.63. The van der Waals surface area contributed by atoms with Crippen molar-refractivity contribution in [2.75, 3.05) is 10.6 Å². The molecule has 0 saturated carbocycles. The average molecular weight is 453 g/mol. The summed E-state index contributed by atoms with van der Waals surface area (Å²) in [6, 6.07) is 19.0. The molecule has 6 nitrogen and oxygen atoms in total. The van der Waals surface area contributed by atoms with Crippen LogP contribution in [0.3, 0.4) is 0 Å². The van der Waals surface area contributed by atoms with Crippen molar-refractivity contribution >= 4 is 23.2 Å². The van der Waals surface area contributed by atoms with Crippen LogP contribution in [-0.2, 0) is 11.2 Å². The highest BCUT2D eigenvalue weighted by Crippen LogP contribution is 2.20. The molecule has 0 aliphatic rings. The molecule has 1 heterocycles. The standard InChI is InChI=1S/C28H28N4O2/c1-18-7-5-8-22(11-18)14-27(33)30-25-16-29-32(17-25)26-10-6-9-23(15-26)28(34)31-24-12-19(2)21(4)20(3)13-24/h5-13,15-17H,14H2,1-4H3,(H,30,33)(H,31,34). The second-order valence-corrected chi connectivity index (χ2v) is 8.63. The Labute approximate surface area is 199 Å². The van der Waals surface area contributed by atoms with Gasteiger partial charge in [0.1, 0.15) is 0 Å². The Morgan fingerprint density at radius 2 is 1.59 bits per heavy atom. The van der Waals surface area contributed by atoms with Crippen molar-refractivity contribution in [3.8, 4) is 5.69 Å². The number of rotatable bonds is 6. The predicted octanol–water partition coefficient (Wildman–Crippen LogP) is 5.54. The minimum absolute atomic E-state index is 0.109. The van der Waals surface area contributed by atoms with Crippen molar-refractivity contribution in [3.05, 3.63) is 106 Å². The number of amides is 2. The number of benzene rings is 3. The summed E-state index contributed by atoms with van der Waals surface area (Å²) >= 11 is 0. The average Bonchev–Trinajstić information content (AvgIpc) is 3.26. The van der Waals surface area contributed by atoms with Gasteiger partial charge in [-0.05, 0) is 80.3 Å². The molecule has 6 heteroatoms. The highest BCUT2D eigenvalue weighted by Gasteiger charge is 2.11. The summed E-state index contributed by atoms with van der Waals surface area (Å²) in [5.41, 5.74) is 8.19. The SMILES string of the molecule is Cc1cccc(CC(=O)Nc2cnn(-c3cccc(C(=O)Nc4cc(C)c(C)c(C)c4)c3)c2)c1. The summed E-state index contributed by atoms with van der Waals surface area (Å²) in [5.74, 6) is -0.301. The summed E-state index contributed by atoms with van der Waals surface area (Å²) in [6.07, 6.45) is 3.62. The van der Waals surface area contributed by atoms with Crippen molar-refractivity contribution in [2.24, 2.45) is 0 Å². The molecule has 0 radical (unpaired) electrons. The second kappa shape index (κ2) is 9.75. The Kier molecular flexibility index (Phi) is 6.59. The van der Waals surface area contributed by atoms with Gasteiger partial charge in [-0.15, -0.1) is 0 Å². The Morgan fingerprint density at radius 1 is 0.853 bits per heavy atom. The molecular weight excluding hydrogens is 424 g/mol. The molecule has 0 aliphatic heterocycles. The van der Waals surface area contributed by atoms with Gasteiger partial charge >= 0.3 is 0 Å². The van der Waals surface area contributed by atoms with Gasteiger partial charge < -0.3 is 10.6 Å². The smallest absolute Gasteiger partial charge is 0.255 e. The maximum absolute atomic E-state index is 12.9. The molecule has 34 heavy (non-hydrogen) atoms. The van der Waals surface area contributed by atoms with Gasteiger partial charge in [-0.25, -0.2) is 4.68 Å². The summed E-state index contributed by atoms with van der Waals surface area (Å²) < 4.78 is 1.64. The van der Waals surface area contributed by atoms with Crippen LogP contribution in [0.4, 0.5) is 11.4 Å². The van der Waals surface area contributed by atoms with E-state index < -0.39 is 0 Å². The van der Waals surface area contributed by atoms with Crippen molar-refractivity contribution in [1.29, 1.82) is 0 Å². The fraction of sp³-hybridized carbons (Fsp3) is 0.179. The molecule has 0 saturated heterocycles. The number of hydrogen-bond donors (Lipinski definition) is 2. The van der Waals surface area contributed by atoms with E-state index in [4.69, 9.17) is 0 Å². The van der Waals surface area contributed by atoms with Crippen LogP contribution in [0.25, 0.3) is 5.69 Å². The number of anilines is 2. The molecule has 0 bridgehead atoms. The molecule has 4 aromatic rings. The van der Waals surface area contributed by atoms with E-state index >= 15 is 0 Å². The van der Waals surface area contributed by atoms with E-state index in [2.05, 4.69) is 22.7 Å². The lowest BCUT2D eigenvalue weighted by atomic mass is 10.0. The van der Waals surface area contributed by atoms with E-state index in [-0.39, 0.29) is 11.8 Å². The van der Waals surface area contributed by atoms with Crippen LogP contribution in [0, 0.1) is 27.7 Å². The van der Waals surface area contributed by atoms with Crippen molar-refractivity contribution in [2.45, 2.75) is 34.1 Å². The van der Waals surface area contributed by atoms with E-state index in [1.54, 1.807) is 29.2 Å². The van der Waals surface area contributed by atoms with Gasteiger partial charge in [0.15, 0.2) is 0 Å². The van der Waals surface area contributed by atoms with Crippen LogP contribution in [0.15, 0.2) is 73.1 Å². The van der Waals surface area contributed by atoms with Gasteiger partial charge in [0.25, 0.3) is 5.91 Å². The van der Waals surface area contributed by atoms with E-state index in [0.717, 1.165) is 33.6 Å². The highest BCUT2D eigenvalue weighted by atomic mass is 16.2. The summed E-state index contributed by atoms with van der Waals surface area (Å²) in [4.78, 5) is 25.3. The zero-order valence-electron chi connectivity index (χ0n) is 19.8. The van der Waals surface area contributed by atoms with Gasteiger partial charge in [0, 0.05) is 11.3 Å². The summed E-state index contributed by atoms with van der Waals surface area (Å²) in [7, 11) is 0. The molecule has 2 amide bonds. The van der Waals surface area contributed by atoms with Crippen LogP contribution in [0.1, 0.15) is 38.2 Å². The van der Waals surface area contributed by atoms with Crippen LogP contribution >= 0.6 is 0 Å². The highest BCUT2D eigenvalue weighted by molar-refractivity contribution is 6.04. The monoisotopic (exact) mass is 452 g/mol. The minimum atomic E-state index is -0.191. The van der Waals surface area contributed by atoms with Gasteiger partial charge in [0.05, 0.1) is 30.2 Å². The Morgan fingerprint density at radius 3 is 2.32 bits per heavy atom. The quantitative estimate of drug-likeness (QED) is 0.403. The lowest BCUT2D eigenvalue weighted by molar-refractivity contribution is -0.115. The van der Waals surface area contributed by atoms with Crippen molar-refractivity contribution in [1.82, 2.24) is 9.78 Å².